The highest BCUT2D eigenvalue weighted by Gasteiger charge is 2.16. The Morgan fingerprint density at radius 1 is 1.14 bits per heavy atom. The van der Waals surface area contributed by atoms with Gasteiger partial charge in [-0.25, -0.2) is 4.39 Å². The van der Waals surface area contributed by atoms with Crippen LogP contribution in [-0.2, 0) is 6.42 Å². The number of halogens is 1. The van der Waals surface area contributed by atoms with Gasteiger partial charge in [-0.15, -0.1) is 0 Å². The second kappa shape index (κ2) is 6.72. The fourth-order valence-electron chi connectivity index (χ4n) is 2.40. The molecule has 112 valence electrons. The van der Waals surface area contributed by atoms with Crippen molar-refractivity contribution in [2.75, 3.05) is 7.11 Å². The fourth-order valence-corrected chi connectivity index (χ4v) is 2.40. The van der Waals surface area contributed by atoms with Crippen molar-refractivity contribution in [2.45, 2.75) is 26.4 Å². The van der Waals surface area contributed by atoms with Gasteiger partial charge < -0.3 is 9.84 Å². The number of hydrogen-bond acceptors (Lipinski definition) is 2. The van der Waals surface area contributed by atoms with Gasteiger partial charge in [0.05, 0.1) is 7.11 Å². The fraction of sp³-hybridized carbons (Fsp3) is 0.333. The highest BCUT2D eigenvalue weighted by atomic mass is 19.1. The van der Waals surface area contributed by atoms with Gasteiger partial charge in [-0.2, -0.15) is 0 Å². The van der Waals surface area contributed by atoms with Crippen LogP contribution in [0.1, 0.15) is 36.6 Å². The maximum absolute atomic E-state index is 14.0. The predicted octanol–water partition coefficient (Wildman–Crippen LogP) is 4.11. The molecular weight excluding hydrogens is 267 g/mol. The zero-order chi connectivity index (χ0) is 15.4. The zero-order valence-corrected chi connectivity index (χ0v) is 12.6. The summed E-state index contributed by atoms with van der Waals surface area (Å²) in [6, 6.07) is 12.2. The van der Waals surface area contributed by atoms with E-state index >= 15 is 0 Å². The Morgan fingerprint density at radius 2 is 1.90 bits per heavy atom. The Morgan fingerprint density at radius 3 is 2.52 bits per heavy atom. The largest absolute Gasteiger partial charge is 0.497 e. The van der Waals surface area contributed by atoms with Crippen LogP contribution in [0, 0.1) is 11.7 Å². The van der Waals surface area contributed by atoms with E-state index in [0.29, 0.717) is 17.2 Å². The van der Waals surface area contributed by atoms with Gasteiger partial charge in [0.2, 0.25) is 0 Å². The third-order valence-corrected chi connectivity index (χ3v) is 3.41. The predicted molar refractivity (Wildman–Crippen MR) is 82.0 cm³/mol. The van der Waals surface area contributed by atoms with Crippen LogP contribution in [0.15, 0.2) is 42.5 Å². The van der Waals surface area contributed by atoms with Gasteiger partial charge in [0.1, 0.15) is 17.7 Å². The van der Waals surface area contributed by atoms with E-state index in [4.69, 9.17) is 4.74 Å². The molecule has 2 aromatic carbocycles. The minimum absolute atomic E-state index is 0.262. The molecule has 0 spiro atoms. The minimum atomic E-state index is -0.969. The molecule has 1 N–H and O–H groups in total. The van der Waals surface area contributed by atoms with Crippen molar-refractivity contribution >= 4 is 0 Å². The van der Waals surface area contributed by atoms with Crippen LogP contribution in [0.3, 0.4) is 0 Å². The molecule has 0 radical (unpaired) electrons. The number of methoxy groups -OCH3 is 1. The first-order chi connectivity index (χ1) is 10.0. The third-order valence-electron chi connectivity index (χ3n) is 3.41. The van der Waals surface area contributed by atoms with Crippen molar-refractivity contribution < 1.29 is 14.2 Å². The first-order valence-electron chi connectivity index (χ1n) is 7.11. The molecule has 0 aromatic heterocycles. The number of rotatable bonds is 5. The lowest BCUT2D eigenvalue weighted by Gasteiger charge is -2.15. The molecule has 0 amide bonds. The molecule has 2 aromatic rings. The maximum Gasteiger partial charge on any atom is 0.133 e. The monoisotopic (exact) mass is 288 g/mol. The van der Waals surface area contributed by atoms with E-state index in [1.807, 2.05) is 24.3 Å². The molecule has 3 heteroatoms. The van der Waals surface area contributed by atoms with E-state index in [0.717, 1.165) is 12.0 Å². The van der Waals surface area contributed by atoms with Gasteiger partial charge in [0.15, 0.2) is 0 Å². The summed E-state index contributed by atoms with van der Waals surface area (Å²) in [6.07, 6.45) is -0.0333. The van der Waals surface area contributed by atoms with Gasteiger partial charge in [-0.3, -0.25) is 0 Å². The standard InChI is InChI=1S/C18H21FO2/c1-12(2)9-13-5-4-6-14(10-13)18(20)16-8-7-15(21-3)11-17(16)19/h4-8,10-12,18,20H,9H2,1-3H3. The Hall–Kier alpha value is -1.87. The van der Waals surface area contributed by atoms with Crippen LogP contribution < -0.4 is 4.74 Å². The quantitative estimate of drug-likeness (QED) is 0.897. The second-order valence-corrected chi connectivity index (χ2v) is 5.63. The first-order valence-corrected chi connectivity index (χ1v) is 7.11. The van der Waals surface area contributed by atoms with E-state index in [2.05, 4.69) is 13.8 Å². The number of aliphatic hydroxyl groups excluding tert-OH is 1. The lowest BCUT2D eigenvalue weighted by molar-refractivity contribution is 0.214. The molecular formula is C18H21FO2. The van der Waals surface area contributed by atoms with Crippen molar-refractivity contribution in [1.82, 2.24) is 0 Å². The van der Waals surface area contributed by atoms with Crippen molar-refractivity contribution in [3.63, 3.8) is 0 Å². The Kier molecular flexibility index (Phi) is 4.97. The van der Waals surface area contributed by atoms with Crippen LogP contribution in [-0.4, -0.2) is 12.2 Å². The highest BCUT2D eigenvalue weighted by molar-refractivity contribution is 5.36. The summed E-state index contributed by atoms with van der Waals surface area (Å²) in [7, 11) is 1.49. The number of aliphatic hydroxyl groups is 1. The number of ether oxygens (including phenoxy) is 1. The smallest absolute Gasteiger partial charge is 0.133 e. The Bertz CT molecular complexity index is 608. The van der Waals surface area contributed by atoms with Crippen LogP contribution in [0.5, 0.6) is 5.75 Å². The summed E-state index contributed by atoms with van der Waals surface area (Å²) >= 11 is 0. The SMILES string of the molecule is COc1ccc(C(O)c2cccc(CC(C)C)c2)c(F)c1. The number of benzene rings is 2. The van der Waals surface area contributed by atoms with Gasteiger partial charge in [0, 0.05) is 11.6 Å². The molecule has 2 rings (SSSR count). The van der Waals surface area contributed by atoms with Crippen LogP contribution in [0.25, 0.3) is 0 Å². The lowest BCUT2D eigenvalue weighted by atomic mass is 9.96. The number of hydrogen-bond donors (Lipinski definition) is 1. The average molecular weight is 288 g/mol. The molecule has 0 fully saturated rings. The van der Waals surface area contributed by atoms with E-state index in [9.17, 15) is 9.50 Å². The van der Waals surface area contributed by atoms with Gasteiger partial charge in [-0.1, -0.05) is 38.1 Å². The zero-order valence-electron chi connectivity index (χ0n) is 12.6. The third kappa shape index (κ3) is 3.82. The van der Waals surface area contributed by atoms with E-state index < -0.39 is 11.9 Å². The molecule has 2 nitrogen and oxygen atoms in total. The molecule has 0 saturated heterocycles. The summed E-state index contributed by atoms with van der Waals surface area (Å²) in [5.74, 6) is 0.517. The van der Waals surface area contributed by atoms with Crippen LogP contribution in [0.2, 0.25) is 0 Å². The average Bonchev–Trinajstić information content (AvgIpc) is 2.46. The second-order valence-electron chi connectivity index (χ2n) is 5.63. The maximum atomic E-state index is 14.0. The van der Waals surface area contributed by atoms with E-state index in [1.54, 1.807) is 12.1 Å². The Labute approximate surface area is 125 Å². The topological polar surface area (TPSA) is 29.5 Å². The summed E-state index contributed by atoms with van der Waals surface area (Å²) in [5, 5.41) is 10.4. The highest BCUT2D eigenvalue weighted by Crippen LogP contribution is 2.27. The van der Waals surface area contributed by atoms with Gasteiger partial charge in [-0.05, 0) is 35.6 Å². The molecule has 0 aliphatic carbocycles. The molecule has 1 unspecified atom stereocenters. The molecule has 1 atom stereocenters. The summed E-state index contributed by atoms with van der Waals surface area (Å²) in [4.78, 5) is 0. The summed E-state index contributed by atoms with van der Waals surface area (Å²) in [5.41, 5.74) is 2.12. The van der Waals surface area contributed by atoms with Crippen molar-refractivity contribution in [3.05, 3.63) is 65.0 Å². The molecule has 21 heavy (non-hydrogen) atoms. The van der Waals surface area contributed by atoms with Crippen LogP contribution >= 0.6 is 0 Å². The minimum Gasteiger partial charge on any atom is -0.497 e. The van der Waals surface area contributed by atoms with Crippen molar-refractivity contribution in [1.29, 1.82) is 0 Å². The molecule has 0 aliphatic heterocycles. The van der Waals surface area contributed by atoms with Crippen molar-refractivity contribution in [3.8, 4) is 5.75 Å². The summed E-state index contributed by atoms with van der Waals surface area (Å²) < 4.78 is 19.0. The normalized spacial score (nSPS) is 12.5. The first kappa shape index (κ1) is 15.5. The molecule has 0 bridgehead atoms. The van der Waals surface area contributed by atoms with Gasteiger partial charge in [0.25, 0.3) is 0 Å². The van der Waals surface area contributed by atoms with Gasteiger partial charge >= 0.3 is 0 Å². The molecule has 0 heterocycles. The van der Waals surface area contributed by atoms with E-state index in [-0.39, 0.29) is 5.56 Å². The lowest BCUT2D eigenvalue weighted by Crippen LogP contribution is -2.04. The molecule has 0 aliphatic rings. The molecule has 0 saturated carbocycles. The summed E-state index contributed by atoms with van der Waals surface area (Å²) in [6.45, 7) is 4.29. The Balaban J connectivity index is 2.29. The van der Waals surface area contributed by atoms with Crippen molar-refractivity contribution in [2.24, 2.45) is 5.92 Å². The van der Waals surface area contributed by atoms with Crippen LogP contribution in [0.4, 0.5) is 4.39 Å². The van der Waals surface area contributed by atoms with E-state index in [1.165, 1.54) is 13.2 Å².